The van der Waals surface area contributed by atoms with Crippen molar-refractivity contribution in [2.24, 2.45) is 0 Å². The normalized spacial score (nSPS) is 12.7. The van der Waals surface area contributed by atoms with Crippen molar-refractivity contribution >= 4 is 21.5 Å². The first-order valence-electron chi connectivity index (χ1n) is 7.02. The Balaban J connectivity index is 2.17. The summed E-state index contributed by atoms with van der Waals surface area (Å²) in [4.78, 5) is 3.97. The molecule has 0 amide bonds. The lowest BCUT2D eigenvalue weighted by Gasteiger charge is -2.12. The molecule has 0 aliphatic rings. The van der Waals surface area contributed by atoms with E-state index in [1.54, 1.807) is 6.07 Å². The third kappa shape index (κ3) is 4.38. The van der Waals surface area contributed by atoms with Gasteiger partial charge in [0.2, 0.25) is 0 Å². The second-order valence-electron chi connectivity index (χ2n) is 5.07. The molecule has 2 N–H and O–H groups in total. The molecule has 1 atom stereocenters. The van der Waals surface area contributed by atoms with Crippen LogP contribution in [-0.4, -0.2) is 19.4 Å². The maximum atomic E-state index is 13.1. The van der Waals surface area contributed by atoms with Gasteiger partial charge in [0.05, 0.1) is 5.69 Å². The van der Waals surface area contributed by atoms with Gasteiger partial charge < -0.3 is 5.32 Å². The van der Waals surface area contributed by atoms with E-state index >= 15 is 0 Å². The number of hydrogen-bond donors (Lipinski definition) is 2. The largest absolute Gasteiger partial charge is 0.368 e. The van der Waals surface area contributed by atoms with E-state index in [1.807, 2.05) is 13.8 Å². The van der Waals surface area contributed by atoms with Crippen molar-refractivity contribution < 1.29 is 17.2 Å². The molecule has 5 nitrogen and oxygen atoms in total. The molecule has 0 saturated heterocycles. The lowest BCUT2D eigenvalue weighted by Crippen LogP contribution is -2.16. The Hall–Kier alpha value is -2.22. The predicted molar refractivity (Wildman–Crippen MR) is 84.8 cm³/mol. The number of nitrogens with one attached hydrogen (secondary N) is 2. The maximum absolute atomic E-state index is 13.1. The van der Waals surface area contributed by atoms with E-state index in [2.05, 4.69) is 15.0 Å². The zero-order valence-corrected chi connectivity index (χ0v) is 13.5. The van der Waals surface area contributed by atoms with Crippen LogP contribution in [0, 0.1) is 11.6 Å². The van der Waals surface area contributed by atoms with Gasteiger partial charge in [0, 0.05) is 18.3 Å². The van der Waals surface area contributed by atoms with Gasteiger partial charge in [0.25, 0.3) is 10.0 Å². The van der Waals surface area contributed by atoms with Crippen LogP contribution < -0.4 is 10.0 Å². The van der Waals surface area contributed by atoms with E-state index in [0.29, 0.717) is 5.82 Å². The molecular weight excluding hydrogens is 324 g/mol. The zero-order valence-electron chi connectivity index (χ0n) is 12.7. The van der Waals surface area contributed by atoms with Crippen LogP contribution in [0.2, 0.25) is 0 Å². The maximum Gasteiger partial charge on any atom is 0.263 e. The highest BCUT2D eigenvalue weighted by Crippen LogP contribution is 2.19. The first-order chi connectivity index (χ1) is 10.8. The Morgan fingerprint density at radius 2 is 1.91 bits per heavy atom. The van der Waals surface area contributed by atoms with E-state index in [9.17, 15) is 17.2 Å². The first-order valence-corrected chi connectivity index (χ1v) is 8.50. The summed E-state index contributed by atoms with van der Waals surface area (Å²) in [5, 5.41) is 3.12. The Morgan fingerprint density at radius 1 is 1.17 bits per heavy atom. The van der Waals surface area contributed by atoms with Gasteiger partial charge in [-0.3, -0.25) is 4.72 Å². The third-order valence-electron chi connectivity index (χ3n) is 3.23. The number of pyridine rings is 1. The second-order valence-corrected chi connectivity index (χ2v) is 6.75. The standard InChI is InChI=1S/C15H17F2N3O2S/c1-3-10(2)19-15-7-5-12(9-18-15)23(21,22)20-11-4-6-13(16)14(17)8-11/h4-10,20H,3H2,1-2H3,(H,18,19). The van der Waals surface area contributed by atoms with Crippen LogP contribution >= 0.6 is 0 Å². The molecule has 0 radical (unpaired) electrons. The summed E-state index contributed by atoms with van der Waals surface area (Å²) in [5.74, 6) is -1.61. The number of sulfonamides is 1. The molecule has 2 aromatic rings. The molecule has 23 heavy (non-hydrogen) atoms. The second kappa shape index (κ2) is 6.91. The van der Waals surface area contributed by atoms with Crippen LogP contribution in [-0.2, 0) is 10.0 Å². The molecule has 0 spiro atoms. The molecular formula is C15H17F2N3O2S. The number of nitrogens with zero attached hydrogens (tertiary/aromatic N) is 1. The Kier molecular flexibility index (Phi) is 5.15. The van der Waals surface area contributed by atoms with E-state index in [0.717, 1.165) is 24.6 Å². The van der Waals surface area contributed by atoms with Gasteiger partial charge >= 0.3 is 0 Å². The van der Waals surface area contributed by atoms with E-state index in [4.69, 9.17) is 0 Å². The molecule has 124 valence electrons. The average molecular weight is 341 g/mol. The molecule has 8 heteroatoms. The highest BCUT2D eigenvalue weighted by atomic mass is 32.2. The molecule has 0 bridgehead atoms. The Labute approximate surface area is 133 Å². The fourth-order valence-electron chi connectivity index (χ4n) is 1.75. The summed E-state index contributed by atoms with van der Waals surface area (Å²) < 4.78 is 52.6. The van der Waals surface area contributed by atoms with Crippen molar-refractivity contribution in [1.82, 2.24) is 4.98 Å². The van der Waals surface area contributed by atoms with Gasteiger partial charge in [-0.15, -0.1) is 0 Å². The Morgan fingerprint density at radius 3 is 2.48 bits per heavy atom. The summed E-state index contributed by atoms with van der Waals surface area (Å²) in [5.41, 5.74) is -0.0642. The average Bonchev–Trinajstić information content (AvgIpc) is 2.51. The smallest absolute Gasteiger partial charge is 0.263 e. The van der Waals surface area contributed by atoms with Crippen LogP contribution in [0.1, 0.15) is 20.3 Å². The van der Waals surface area contributed by atoms with Gasteiger partial charge in [-0.2, -0.15) is 0 Å². The van der Waals surface area contributed by atoms with Crippen LogP contribution in [0.15, 0.2) is 41.4 Å². The summed E-state index contributed by atoms with van der Waals surface area (Å²) in [6.45, 7) is 4.00. The van der Waals surface area contributed by atoms with Crippen molar-refractivity contribution in [2.75, 3.05) is 10.0 Å². The lowest BCUT2D eigenvalue weighted by atomic mass is 10.2. The van der Waals surface area contributed by atoms with Gasteiger partial charge in [0.1, 0.15) is 10.7 Å². The molecule has 1 aromatic carbocycles. The molecule has 1 unspecified atom stereocenters. The van der Waals surface area contributed by atoms with Crippen LogP contribution in [0.5, 0.6) is 0 Å². The monoisotopic (exact) mass is 341 g/mol. The van der Waals surface area contributed by atoms with E-state index in [1.165, 1.54) is 12.3 Å². The fourth-order valence-corrected chi connectivity index (χ4v) is 2.75. The number of anilines is 2. The number of aromatic nitrogens is 1. The number of hydrogen-bond acceptors (Lipinski definition) is 4. The summed E-state index contributed by atoms with van der Waals surface area (Å²) in [7, 11) is -3.92. The summed E-state index contributed by atoms with van der Waals surface area (Å²) in [6.07, 6.45) is 2.10. The highest BCUT2D eigenvalue weighted by molar-refractivity contribution is 7.92. The van der Waals surface area contributed by atoms with Crippen LogP contribution in [0.4, 0.5) is 20.3 Å². The molecule has 1 aromatic heterocycles. The Bertz CT molecular complexity index is 780. The van der Waals surface area contributed by atoms with Gasteiger partial charge in [-0.25, -0.2) is 22.2 Å². The van der Waals surface area contributed by atoms with E-state index in [-0.39, 0.29) is 16.6 Å². The van der Waals surface area contributed by atoms with Crippen LogP contribution in [0.25, 0.3) is 0 Å². The van der Waals surface area contributed by atoms with Gasteiger partial charge in [-0.05, 0) is 37.6 Å². The third-order valence-corrected chi connectivity index (χ3v) is 4.59. The summed E-state index contributed by atoms with van der Waals surface area (Å²) in [6, 6.07) is 5.92. The number of halogens is 2. The van der Waals surface area contributed by atoms with Crippen molar-refractivity contribution in [1.29, 1.82) is 0 Å². The molecule has 0 fully saturated rings. The molecule has 1 heterocycles. The van der Waals surface area contributed by atoms with Crippen molar-refractivity contribution in [3.8, 4) is 0 Å². The van der Waals surface area contributed by atoms with Crippen LogP contribution in [0.3, 0.4) is 0 Å². The fraction of sp³-hybridized carbons (Fsp3) is 0.267. The molecule has 0 aliphatic heterocycles. The van der Waals surface area contributed by atoms with Gasteiger partial charge in [0.15, 0.2) is 11.6 Å². The number of rotatable bonds is 6. The molecule has 0 saturated carbocycles. The zero-order chi connectivity index (χ0) is 17.0. The van der Waals surface area contributed by atoms with Crippen molar-refractivity contribution in [2.45, 2.75) is 31.2 Å². The lowest BCUT2D eigenvalue weighted by molar-refractivity contribution is 0.509. The molecule has 0 aliphatic carbocycles. The first kappa shape index (κ1) is 17.1. The summed E-state index contributed by atoms with van der Waals surface area (Å²) >= 11 is 0. The van der Waals surface area contributed by atoms with E-state index < -0.39 is 21.7 Å². The van der Waals surface area contributed by atoms with Crippen molar-refractivity contribution in [3.05, 3.63) is 48.2 Å². The minimum absolute atomic E-state index is 0.0642. The molecule has 2 rings (SSSR count). The minimum Gasteiger partial charge on any atom is -0.368 e. The number of benzene rings is 1. The van der Waals surface area contributed by atoms with Crippen molar-refractivity contribution in [3.63, 3.8) is 0 Å². The predicted octanol–water partition coefficient (Wildman–Crippen LogP) is 3.37. The van der Waals surface area contributed by atoms with Gasteiger partial charge in [-0.1, -0.05) is 6.92 Å². The SMILES string of the molecule is CCC(C)Nc1ccc(S(=O)(=O)Nc2ccc(F)c(F)c2)cn1. The quantitative estimate of drug-likeness (QED) is 0.845. The highest BCUT2D eigenvalue weighted by Gasteiger charge is 2.16. The topological polar surface area (TPSA) is 71.1 Å². The minimum atomic E-state index is -3.92.